The average molecular weight is 300 g/mol. The lowest BCUT2D eigenvalue weighted by atomic mass is 10.0. The number of hydrogen-bond donors (Lipinski definition) is 1. The molecule has 0 aromatic heterocycles. The predicted molar refractivity (Wildman–Crippen MR) is 76.1 cm³/mol. The molecule has 1 atom stereocenters. The standard InChI is InChI=1S/C14H21FN2O2S/c1-2-11-6-3-4-9-17(11)20(18,19)14-8-5-7-13(15)12(14)10-16/h5,7-8,11H,2-4,6,9-10,16H2,1H3. The Bertz CT molecular complexity index is 575. The van der Waals surface area contributed by atoms with E-state index in [0.29, 0.717) is 6.54 Å². The summed E-state index contributed by atoms with van der Waals surface area (Å²) in [6.07, 6.45) is 3.52. The summed E-state index contributed by atoms with van der Waals surface area (Å²) in [5.74, 6) is -0.557. The summed E-state index contributed by atoms with van der Waals surface area (Å²) < 4.78 is 40.9. The molecule has 1 heterocycles. The lowest BCUT2D eigenvalue weighted by Crippen LogP contribution is -2.43. The van der Waals surface area contributed by atoms with Gasteiger partial charge in [-0.25, -0.2) is 12.8 Å². The highest BCUT2D eigenvalue weighted by atomic mass is 32.2. The van der Waals surface area contributed by atoms with E-state index in [2.05, 4.69) is 0 Å². The van der Waals surface area contributed by atoms with Gasteiger partial charge in [0.15, 0.2) is 0 Å². The van der Waals surface area contributed by atoms with Crippen molar-refractivity contribution < 1.29 is 12.8 Å². The first-order valence-electron chi connectivity index (χ1n) is 7.01. The van der Waals surface area contributed by atoms with Crippen molar-refractivity contribution in [2.24, 2.45) is 5.73 Å². The molecule has 0 amide bonds. The van der Waals surface area contributed by atoms with Crippen molar-refractivity contribution in [3.63, 3.8) is 0 Å². The Labute approximate surface area is 119 Å². The van der Waals surface area contributed by atoms with Gasteiger partial charge in [-0.2, -0.15) is 4.31 Å². The van der Waals surface area contributed by atoms with Crippen LogP contribution in [0, 0.1) is 5.82 Å². The Hall–Kier alpha value is -0.980. The first-order valence-corrected chi connectivity index (χ1v) is 8.45. The number of nitrogens with zero attached hydrogens (tertiary/aromatic N) is 1. The zero-order valence-electron chi connectivity index (χ0n) is 11.7. The minimum atomic E-state index is -3.68. The maximum atomic E-state index is 13.8. The molecule has 0 saturated carbocycles. The number of halogens is 1. The summed E-state index contributed by atoms with van der Waals surface area (Å²) in [5, 5.41) is 0. The van der Waals surface area contributed by atoms with Crippen LogP contribution < -0.4 is 5.73 Å². The fraction of sp³-hybridized carbons (Fsp3) is 0.571. The van der Waals surface area contributed by atoms with Gasteiger partial charge in [0.05, 0.1) is 4.90 Å². The van der Waals surface area contributed by atoms with E-state index < -0.39 is 15.8 Å². The molecule has 20 heavy (non-hydrogen) atoms. The third kappa shape index (κ3) is 2.73. The van der Waals surface area contributed by atoms with Crippen LogP contribution in [-0.2, 0) is 16.6 Å². The molecule has 0 aliphatic carbocycles. The Balaban J connectivity index is 2.47. The second-order valence-corrected chi connectivity index (χ2v) is 6.95. The van der Waals surface area contributed by atoms with E-state index >= 15 is 0 Å². The highest BCUT2D eigenvalue weighted by molar-refractivity contribution is 7.89. The topological polar surface area (TPSA) is 63.4 Å². The molecule has 1 aliphatic heterocycles. The maximum Gasteiger partial charge on any atom is 0.243 e. The van der Waals surface area contributed by atoms with Gasteiger partial charge in [0.1, 0.15) is 5.82 Å². The van der Waals surface area contributed by atoms with Gasteiger partial charge in [-0.3, -0.25) is 0 Å². The number of piperidine rings is 1. The SMILES string of the molecule is CCC1CCCCN1S(=O)(=O)c1cccc(F)c1CN. The summed E-state index contributed by atoms with van der Waals surface area (Å²) in [7, 11) is -3.68. The lowest BCUT2D eigenvalue weighted by molar-refractivity contribution is 0.246. The third-order valence-electron chi connectivity index (χ3n) is 3.91. The first-order chi connectivity index (χ1) is 9.52. The zero-order chi connectivity index (χ0) is 14.8. The summed E-state index contributed by atoms with van der Waals surface area (Å²) in [5.41, 5.74) is 5.60. The van der Waals surface area contributed by atoms with E-state index in [9.17, 15) is 12.8 Å². The zero-order valence-corrected chi connectivity index (χ0v) is 12.5. The largest absolute Gasteiger partial charge is 0.326 e. The van der Waals surface area contributed by atoms with Crippen molar-refractivity contribution >= 4 is 10.0 Å². The fourth-order valence-electron chi connectivity index (χ4n) is 2.80. The Morgan fingerprint density at radius 3 is 2.80 bits per heavy atom. The molecule has 0 spiro atoms. The normalized spacial score (nSPS) is 21.1. The average Bonchev–Trinajstić information content (AvgIpc) is 2.46. The minimum absolute atomic E-state index is 0.00245. The quantitative estimate of drug-likeness (QED) is 0.927. The molecule has 4 nitrogen and oxygen atoms in total. The highest BCUT2D eigenvalue weighted by Gasteiger charge is 2.34. The number of benzene rings is 1. The molecule has 0 bridgehead atoms. The Morgan fingerprint density at radius 2 is 2.15 bits per heavy atom. The molecule has 6 heteroatoms. The summed E-state index contributed by atoms with van der Waals surface area (Å²) in [6.45, 7) is 2.36. The van der Waals surface area contributed by atoms with Crippen molar-refractivity contribution in [2.45, 2.75) is 50.1 Å². The Kier molecular flexibility index (Phi) is 4.78. The van der Waals surface area contributed by atoms with Crippen LogP contribution in [-0.4, -0.2) is 25.3 Å². The first kappa shape index (κ1) is 15.4. The third-order valence-corrected chi connectivity index (χ3v) is 5.95. The van der Waals surface area contributed by atoms with Gasteiger partial charge in [0.25, 0.3) is 0 Å². The molecule has 1 aromatic rings. The predicted octanol–water partition coefficient (Wildman–Crippen LogP) is 2.24. The van der Waals surface area contributed by atoms with Crippen molar-refractivity contribution in [3.05, 3.63) is 29.6 Å². The molecule has 1 fully saturated rings. The van der Waals surface area contributed by atoms with Crippen LogP contribution in [0.15, 0.2) is 23.1 Å². The van der Waals surface area contributed by atoms with Crippen molar-refractivity contribution in [1.29, 1.82) is 0 Å². The molecule has 1 saturated heterocycles. The van der Waals surface area contributed by atoms with Crippen LogP contribution >= 0.6 is 0 Å². The number of rotatable bonds is 4. The van der Waals surface area contributed by atoms with Crippen LogP contribution in [0.5, 0.6) is 0 Å². The summed E-state index contributed by atoms with van der Waals surface area (Å²) in [6, 6.07) is 4.12. The van der Waals surface area contributed by atoms with Crippen molar-refractivity contribution in [2.75, 3.05) is 6.54 Å². The molecule has 1 aromatic carbocycles. The van der Waals surface area contributed by atoms with Crippen LogP contribution in [0.25, 0.3) is 0 Å². The van der Waals surface area contributed by atoms with Crippen molar-refractivity contribution in [3.8, 4) is 0 Å². The van der Waals surface area contributed by atoms with Crippen LogP contribution in [0.1, 0.15) is 38.2 Å². The number of nitrogens with two attached hydrogens (primary N) is 1. The van der Waals surface area contributed by atoms with Gasteiger partial charge < -0.3 is 5.73 Å². The van der Waals surface area contributed by atoms with Crippen LogP contribution in [0.2, 0.25) is 0 Å². The van der Waals surface area contributed by atoms with Crippen LogP contribution in [0.4, 0.5) is 4.39 Å². The van der Waals surface area contributed by atoms with Crippen molar-refractivity contribution in [1.82, 2.24) is 4.31 Å². The second-order valence-electron chi connectivity index (χ2n) is 5.09. The van der Waals surface area contributed by atoms with Gasteiger partial charge in [-0.1, -0.05) is 19.4 Å². The Morgan fingerprint density at radius 1 is 1.40 bits per heavy atom. The van der Waals surface area contributed by atoms with Gasteiger partial charge in [0.2, 0.25) is 10.0 Å². The number of sulfonamides is 1. The smallest absolute Gasteiger partial charge is 0.243 e. The van der Waals surface area contributed by atoms with Gasteiger partial charge in [-0.15, -0.1) is 0 Å². The molecule has 2 rings (SSSR count). The molecule has 1 aliphatic rings. The van der Waals surface area contributed by atoms with E-state index in [4.69, 9.17) is 5.73 Å². The molecule has 2 N–H and O–H groups in total. The van der Waals surface area contributed by atoms with Gasteiger partial charge in [-0.05, 0) is 31.4 Å². The molecule has 112 valence electrons. The molecular weight excluding hydrogens is 279 g/mol. The maximum absolute atomic E-state index is 13.8. The second kappa shape index (κ2) is 6.20. The van der Waals surface area contributed by atoms with Gasteiger partial charge in [0, 0.05) is 24.7 Å². The van der Waals surface area contributed by atoms with Crippen LogP contribution in [0.3, 0.4) is 0 Å². The minimum Gasteiger partial charge on any atom is -0.326 e. The van der Waals surface area contributed by atoms with E-state index in [1.165, 1.54) is 22.5 Å². The monoisotopic (exact) mass is 300 g/mol. The number of hydrogen-bond acceptors (Lipinski definition) is 3. The van der Waals surface area contributed by atoms with E-state index in [1.807, 2.05) is 6.92 Å². The van der Waals surface area contributed by atoms with E-state index in [-0.39, 0.29) is 23.0 Å². The lowest BCUT2D eigenvalue weighted by Gasteiger charge is -2.34. The van der Waals surface area contributed by atoms with E-state index in [1.54, 1.807) is 0 Å². The van der Waals surface area contributed by atoms with E-state index in [0.717, 1.165) is 25.7 Å². The molecular formula is C14H21FN2O2S. The highest BCUT2D eigenvalue weighted by Crippen LogP contribution is 2.29. The molecule has 0 radical (unpaired) electrons. The summed E-state index contributed by atoms with van der Waals surface area (Å²) >= 11 is 0. The fourth-order valence-corrected chi connectivity index (χ4v) is 4.82. The molecule has 1 unspecified atom stereocenters. The van der Waals surface area contributed by atoms with Gasteiger partial charge >= 0.3 is 0 Å². The summed E-state index contributed by atoms with van der Waals surface area (Å²) in [4.78, 5) is 0.0142.